The van der Waals surface area contributed by atoms with E-state index in [9.17, 15) is 17.6 Å². The summed E-state index contributed by atoms with van der Waals surface area (Å²) in [6.45, 7) is 7.63. The third kappa shape index (κ3) is 6.07. The van der Waals surface area contributed by atoms with Gasteiger partial charge in [-0.05, 0) is 37.5 Å². The number of hydrogen-bond acceptors (Lipinski definition) is 4. The number of piperidine rings is 1. The molecule has 2 rings (SSSR count). The molecular formula is C19H31FN4O3S. The lowest BCUT2D eigenvalue weighted by molar-refractivity contribution is 0.235. The van der Waals surface area contributed by atoms with Crippen molar-refractivity contribution >= 4 is 21.7 Å². The number of nitrogens with one attached hydrogen (secondary N) is 2. The van der Waals surface area contributed by atoms with E-state index in [0.717, 1.165) is 24.9 Å². The summed E-state index contributed by atoms with van der Waals surface area (Å²) in [7, 11) is -3.36. The minimum Gasteiger partial charge on any atom is -0.367 e. The summed E-state index contributed by atoms with van der Waals surface area (Å²) in [6, 6.07) is 4.50. The van der Waals surface area contributed by atoms with Crippen LogP contribution in [0.15, 0.2) is 18.2 Å². The number of urea groups is 1. The molecule has 7 nitrogen and oxygen atoms in total. The Balaban J connectivity index is 1.84. The zero-order valence-electron chi connectivity index (χ0n) is 16.9. The molecule has 1 aliphatic heterocycles. The van der Waals surface area contributed by atoms with Gasteiger partial charge in [-0.2, -0.15) is 0 Å². The lowest BCUT2D eigenvalue weighted by Crippen LogP contribution is -2.51. The standard InChI is InChI=1S/C19H31FN4O3S/c1-4-24(5-2)28(26,27)12-10-21-19(25)22-16-7-6-11-23(14-16)18-13-15(3)8-9-17(18)20/h8-9,13,16H,4-7,10-12,14H2,1-3H3,(H2,21,22,25). The fourth-order valence-electron chi connectivity index (χ4n) is 3.45. The highest BCUT2D eigenvalue weighted by atomic mass is 32.2. The zero-order chi connectivity index (χ0) is 20.7. The van der Waals surface area contributed by atoms with Gasteiger partial charge >= 0.3 is 6.03 Å². The smallest absolute Gasteiger partial charge is 0.315 e. The number of hydrogen-bond donors (Lipinski definition) is 2. The van der Waals surface area contributed by atoms with Crippen molar-refractivity contribution in [3.8, 4) is 0 Å². The third-order valence-electron chi connectivity index (χ3n) is 4.94. The molecule has 1 aliphatic rings. The zero-order valence-corrected chi connectivity index (χ0v) is 17.7. The number of amides is 2. The molecule has 0 radical (unpaired) electrons. The summed E-state index contributed by atoms with van der Waals surface area (Å²) in [5, 5.41) is 5.49. The van der Waals surface area contributed by atoms with E-state index in [1.807, 2.05) is 17.9 Å². The van der Waals surface area contributed by atoms with Crippen LogP contribution in [0, 0.1) is 12.7 Å². The lowest BCUT2D eigenvalue weighted by Gasteiger charge is -2.35. The molecule has 1 saturated heterocycles. The van der Waals surface area contributed by atoms with Crippen LogP contribution in [-0.2, 0) is 10.0 Å². The number of rotatable bonds is 8. The van der Waals surface area contributed by atoms with Crippen LogP contribution in [0.2, 0.25) is 0 Å². The number of aryl methyl sites for hydroxylation is 1. The number of nitrogens with zero attached hydrogens (tertiary/aromatic N) is 2. The second kappa shape index (κ2) is 10.1. The number of carbonyl (C=O) groups excluding carboxylic acids is 1. The fourth-order valence-corrected chi connectivity index (χ4v) is 4.86. The largest absolute Gasteiger partial charge is 0.367 e. The molecule has 1 heterocycles. The maximum Gasteiger partial charge on any atom is 0.315 e. The highest BCUT2D eigenvalue weighted by molar-refractivity contribution is 7.89. The van der Waals surface area contributed by atoms with E-state index < -0.39 is 16.1 Å². The number of halogens is 1. The van der Waals surface area contributed by atoms with Gasteiger partial charge in [0.1, 0.15) is 5.82 Å². The van der Waals surface area contributed by atoms with E-state index >= 15 is 0 Å². The molecule has 1 unspecified atom stereocenters. The van der Waals surface area contributed by atoms with Gasteiger partial charge in [0.25, 0.3) is 0 Å². The van der Waals surface area contributed by atoms with Crippen LogP contribution in [0.5, 0.6) is 0 Å². The van der Waals surface area contributed by atoms with Crippen LogP contribution >= 0.6 is 0 Å². The van der Waals surface area contributed by atoms with E-state index in [1.54, 1.807) is 19.9 Å². The number of sulfonamides is 1. The Morgan fingerprint density at radius 1 is 1.32 bits per heavy atom. The highest BCUT2D eigenvalue weighted by Crippen LogP contribution is 2.24. The van der Waals surface area contributed by atoms with Gasteiger partial charge < -0.3 is 15.5 Å². The first-order chi connectivity index (χ1) is 13.3. The van der Waals surface area contributed by atoms with Gasteiger partial charge in [-0.25, -0.2) is 21.9 Å². The van der Waals surface area contributed by atoms with Crippen LogP contribution in [0.3, 0.4) is 0 Å². The van der Waals surface area contributed by atoms with Gasteiger partial charge in [0.05, 0.1) is 11.4 Å². The summed E-state index contributed by atoms with van der Waals surface area (Å²) < 4.78 is 39.8. The number of benzene rings is 1. The van der Waals surface area contributed by atoms with E-state index in [1.165, 1.54) is 10.4 Å². The third-order valence-corrected chi connectivity index (χ3v) is 6.97. The molecule has 0 spiro atoms. The van der Waals surface area contributed by atoms with Crippen molar-refractivity contribution in [1.29, 1.82) is 0 Å². The Hall–Kier alpha value is -1.87. The molecule has 1 aromatic carbocycles. The second-order valence-corrected chi connectivity index (χ2v) is 9.13. The molecule has 2 amide bonds. The first-order valence-electron chi connectivity index (χ1n) is 9.80. The first kappa shape index (κ1) is 22.4. The van der Waals surface area contributed by atoms with Crippen LogP contribution in [0.25, 0.3) is 0 Å². The molecule has 2 N–H and O–H groups in total. The number of carbonyl (C=O) groups is 1. The van der Waals surface area contributed by atoms with Crippen molar-refractivity contribution < 1.29 is 17.6 Å². The van der Waals surface area contributed by atoms with Crippen molar-refractivity contribution in [3.63, 3.8) is 0 Å². The summed E-state index contributed by atoms with van der Waals surface area (Å²) in [5.41, 5.74) is 1.54. The minimum absolute atomic E-state index is 0.0492. The molecular weight excluding hydrogens is 383 g/mol. The van der Waals surface area contributed by atoms with Crippen molar-refractivity contribution in [3.05, 3.63) is 29.6 Å². The number of anilines is 1. The molecule has 1 atom stereocenters. The Kier molecular flexibility index (Phi) is 8.06. The Morgan fingerprint density at radius 2 is 2.04 bits per heavy atom. The van der Waals surface area contributed by atoms with E-state index in [0.29, 0.717) is 25.3 Å². The Bertz CT molecular complexity index is 768. The van der Waals surface area contributed by atoms with Crippen LogP contribution < -0.4 is 15.5 Å². The predicted octanol–water partition coefficient (Wildman–Crippen LogP) is 2.07. The molecule has 0 bridgehead atoms. The second-order valence-electron chi connectivity index (χ2n) is 7.04. The lowest BCUT2D eigenvalue weighted by atomic mass is 10.0. The van der Waals surface area contributed by atoms with Gasteiger partial charge in [-0.3, -0.25) is 0 Å². The topological polar surface area (TPSA) is 81.8 Å². The summed E-state index contributed by atoms with van der Waals surface area (Å²) in [5.74, 6) is -0.398. The molecule has 1 fully saturated rings. The normalized spacial score (nSPS) is 17.6. The predicted molar refractivity (Wildman–Crippen MR) is 110 cm³/mol. The Labute approximate surface area is 167 Å². The summed E-state index contributed by atoms with van der Waals surface area (Å²) in [6.07, 6.45) is 1.64. The first-order valence-corrected chi connectivity index (χ1v) is 11.4. The maximum absolute atomic E-state index is 14.1. The summed E-state index contributed by atoms with van der Waals surface area (Å²) in [4.78, 5) is 14.1. The fraction of sp³-hybridized carbons (Fsp3) is 0.632. The van der Waals surface area contributed by atoms with Crippen molar-refractivity contribution in [2.75, 3.05) is 43.4 Å². The highest BCUT2D eigenvalue weighted by Gasteiger charge is 2.24. The molecule has 1 aromatic rings. The molecule has 28 heavy (non-hydrogen) atoms. The minimum atomic E-state index is -3.36. The van der Waals surface area contributed by atoms with Crippen LogP contribution in [0.4, 0.5) is 14.9 Å². The average molecular weight is 415 g/mol. The maximum atomic E-state index is 14.1. The molecule has 9 heteroatoms. The van der Waals surface area contributed by atoms with Crippen LogP contribution in [-0.4, -0.2) is 63.3 Å². The molecule has 0 saturated carbocycles. The van der Waals surface area contributed by atoms with Gasteiger partial charge in [-0.1, -0.05) is 19.9 Å². The Morgan fingerprint density at radius 3 is 2.71 bits per heavy atom. The quantitative estimate of drug-likeness (QED) is 0.682. The van der Waals surface area contributed by atoms with E-state index in [2.05, 4.69) is 10.6 Å². The van der Waals surface area contributed by atoms with Crippen molar-refractivity contribution in [2.24, 2.45) is 0 Å². The van der Waals surface area contributed by atoms with Gasteiger partial charge in [0.2, 0.25) is 10.0 Å². The monoisotopic (exact) mass is 414 g/mol. The van der Waals surface area contributed by atoms with E-state index in [-0.39, 0.29) is 24.2 Å². The van der Waals surface area contributed by atoms with Gasteiger partial charge in [-0.15, -0.1) is 0 Å². The molecule has 0 aromatic heterocycles. The SMILES string of the molecule is CCN(CC)S(=O)(=O)CCNC(=O)NC1CCCN(c2cc(C)ccc2F)C1. The van der Waals surface area contributed by atoms with Gasteiger partial charge in [0, 0.05) is 38.8 Å². The molecule has 0 aliphatic carbocycles. The van der Waals surface area contributed by atoms with Gasteiger partial charge in [0.15, 0.2) is 0 Å². The van der Waals surface area contributed by atoms with Crippen molar-refractivity contribution in [2.45, 2.75) is 39.7 Å². The van der Waals surface area contributed by atoms with E-state index in [4.69, 9.17) is 0 Å². The average Bonchev–Trinajstić information content (AvgIpc) is 2.64. The molecule has 158 valence electrons. The van der Waals surface area contributed by atoms with Crippen LogP contribution in [0.1, 0.15) is 32.3 Å². The van der Waals surface area contributed by atoms with Crippen molar-refractivity contribution in [1.82, 2.24) is 14.9 Å². The summed E-state index contributed by atoms with van der Waals surface area (Å²) >= 11 is 0.